The van der Waals surface area contributed by atoms with E-state index in [4.69, 9.17) is 0 Å². The van der Waals surface area contributed by atoms with Crippen LogP contribution in [0.2, 0.25) is 0 Å². The summed E-state index contributed by atoms with van der Waals surface area (Å²) >= 11 is 0. The molecule has 0 spiro atoms. The summed E-state index contributed by atoms with van der Waals surface area (Å²) in [5.41, 5.74) is 6.78. The topological polar surface area (TPSA) is 0 Å². The molecule has 0 aliphatic heterocycles. The van der Waals surface area contributed by atoms with Crippen LogP contribution >= 0.6 is 0 Å². The minimum atomic E-state index is 0.198. The number of benzene rings is 1. The normalized spacial score (nSPS) is 13.5. The van der Waals surface area contributed by atoms with Crippen LogP contribution in [0.3, 0.4) is 0 Å². The Morgan fingerprint density at radius 2 is 1.09 bits per heavy atom. The minimum Gasteiger partial charge on any atom is -0.0654 e. The number of unbranched alkanes of at least 4 members (excludes halogenated alkanes) is 1. The first-order valence-electron chi connectivity index (χ1n) is 8.97. The molecule has 0 heterocycles. The molecule has 1 rings (SSSR count). The van der Waals surface area contributed by atoms with Gasteiger partial charge in [-0.1, -0.05) is 87.8 Å². The van der Waals surface area contributed by atoms with Crippen LogP contribution in [-0.2, 0) is 22.7 Å². The number of rotatable bonds is 3. The predicted octanol–water partition coefficient (Wildman–Crippen LogP) is 6.92. The highest BCUT2D eigenvalue weighted by molar-refractivity contribution is 5.47. The standard InChI is InChI=1S/C22H38/c1-11-12-13-17-18(21(5,6)7)14-16(20(2,3)4)15-19(17)22(8,9)10/h14-15H,11-13H2,1-10H3. The highest BCUT2D eigenvalue weighted by Gasteiger charge is 2.28. The van der Waals surface area contributed by atoms with Crippen LogP contribution in [0.4, 0.5) is 0 Å². The van der Waals surface area contributed by atoms with E-state index in [2.05, 4.69) is 81.4 Å². The van der Waals surface area contributed by atoms with Gasteiger partial charge in [-0.3, -0.25) is 0 Å². The van der Waals surface area contributed by atoms with Crippen LogP contribution in [0, 0.1) is 0 Å². The number of hydrogen-bond acceptors (Lipinski definition) is 0. The van der Waals surface area contributed by atoms with Gasteiger partial charge in [0.15, 0.2) is 0 Å². The van der Waals surface area contributed by atoms with Crippen LogP contribution in [-0.4, -0.2) is 0 Å². The average molecular weight is 303 g/mol. The van der Waals surface area contributed by atoms with Crippen molar-refractivity contribution >= 4 is 0 Å². The molecule has 1 aromatic carbocycles. The quantitative estimate of drug-likeness (QED) is 0.568. The molecule has 0 amide bonds. The zero-order chi connectivity index (χ0) is 17.3. The minimum absolute atomic E-state index is 0.198. The van der Waals surface area contributed by atoms with Crippen molar-refractivity contribution in [2.45, 2.75) is 105 Å². The summed E-state index contributed by atoms with van der Waals surface area (Å²) in [7, 11) is 0. The van der Waals surface area contributed by atoms with Gasteiger partial charge in [0.1, 0.15) is 0 Å². The first kappa shape index (κ1) is 19.3. The largest absolute Gasteiger partial charge is 0.0654 e. The Morgan fingerprint density at radius 1 is 0.682 bits per heavy atom. The van der Waals surface area contributed by atoms with Crippen molar-refractivity contribution in [3.8, 4) is 0 Å². The summed E-state index contributed by atoms with van der Waals surface area (Å²) in [5, 5.41) is 0. The lowest BCUT2D eigenvalue weighted by Crippen LogP contribution is -2.24. The predicted molar refractivity (Wildman–Crippen MR) is 101 cm³/mol. The van der Waals surface area contributed by atoms with Crippen LogP contribution in [0.1, 0.15) is 104 Å². The third-order valence-electron chi connectivity index (χ3n) is 4.51. The van der Waals surface area contributed by atoms with E-state index in [0.29, 0.717) is 0 Å². The zero-order valence-electron chi connectivity index (χ0n) is 16.8. The van der Waals surface area contributed by atoms with Crippen molar-refractivity contribution in [2.24, 2.45) is 0 Å². The van der Waals surface area contributed by atoms with Gasteiger partial charge in [0.25, 0.3) is 0 Å². The lowest BCUT2D eigenvalue weighted by molar-refractivity contribution is 0.535. The van der Waals surface area contributed by atoms with Crippen molar-refractivity contribution < 1.29 is 0 Å². The maximum Gasteiger partial charge on any atom is -0.0129 e. The van der Waals surface area contributed by atoms with Gasteiger partial charge in [0, 0.05) is 0 Å². The first-order valence-corrected chi connectivity index (χ1v) is 8.97. The fourth-order valence-electron chi connectivity index (χ4n) is 3.07. The van der Waals surface area contributed by atoms with E-state index in [1.165, 1.54) is 24.8 Å². The van der Waals surface area contributed by atoms with Crippen molar-refractivity contribution in [1.82, 2.24) is 0 Å². The lowest BCUT2D eigenvalue weighted by atomic mass is 9.71. The first-order chi connectivity index (χ1) is 9.78. The molecule has 126 valence electrons. The van der Waals surface area contributed by atoms with E-state index < -0.39 is 0 Å². The van der Waals surface area contributed by atoms with E-state index in [1.54, 1.807) is 16.7 Å². The Bertz CT molecular complexity index is 463. The summed E-state index contributed by atoms with van der Waals surface area (Å²) in [6.07, 6.45) is 3.75. The molecule has 0 aliphatic carbocycles. The molecule has 0 nitrogen and oxygen atoms in total. The maximum absolute atomic E-state index is 2.49. The summed E-state index contributed by atoms with van der Waals surface area (Å²) in [5.74, 6) is 0. The van der Waals surface area contributed by atoms with Gasteiger partial charge in [0.05, 0.1) is 0 Å². The molecule has 0 heteroatoms. The molecule has 0 radical (unpaired) electrons. The second-order valence-electron chi connectivity index (χ2n) is 9.90. The third-order valence-corrected chi connectivity index (χ3v) is 4.51. The van der Waals surface area contributed by atoms with Gasteiger partial charge in [-0.15, -0.1) is 0 Å². The van der Waals surface area contributed by atoms with Gasteiger partial charge in [0.2, 0.25) is 0 Å². The Labute approximate surface area is 139 Å². The molecule has 0 fully saturated rings. The molecule has 0 saturated heterocycles. The van der Waals surface area contributed by atoms with Crippen molar-refractivity contribution in [3.63, 3.8) is 0 Å². The van der Waals surface area contributed by atoms with E-state index in [1.807, 2.05) is 0 Å². The molecule has 0 aromatic heterocycles. The molecular weight excluding hydrogens is 264 g/mol. The van der Waals surface area contributed by atoms with E-state index in [0.717, 1.165) is 0 Å². The van der Waals surface area contributed by atoms with Crippen LogP contribution in [0.5, 0.6) is 0 Å². The molecule has 1 aromatic rings. The van der Waals surface area contributed by atoms with Crippen LogP contribution in [0.15, 0.2) is 12.1 Å². The van der Waals surface area contributed by atoms with Gasteiger partial charge < -0.3 is 0 Å². The van der Waals surface area contributed by atoms with Crippen molar-refractivity contribution in [1.29, 1.82) is 0 Å². The van der Waals surface area contributed by atoms with E-state index in [9.17, 15) is 0 Å². The maximum atomic E-state index is 2.49. The Kier molecular flexibility index (Phi) is 5.59. The van der Waals surface area contributed by atoms with Crippen molar-refractivity contribution in [2.75, 3.05) is 0 Å². The fraction of sp³-hybridized carbons (Fsp3) is 0.727. The van der Waals surface area contributed by atoms with Gasteiger partial charge in [-0.2, -0.15) is 0 Å². The van der Waals surface area contributed by atoms with Crippen LogP contribution < -0.4 is 0 Å². The third kappa shape index (κ3) is 4.61. The zero-order valence-corrected chi connectivity index (χ0v) is 16.8. The van der Waals surface area contributed by atoms with E-state index >= 15 is 0 Å². The molecule has 0 N–H and O–H groups in total. The lowest BCUT2D eigenvalue weighted by Gasteiger charge is -2.33. The smallest absolute Gasteiger partial charge is 0.0129 e. The molecule has 0 saturated carbocycles. The van der Waals surface area contributed by atoms with Gasteiger partial charge >= 0.3 is 0 Å². The Hall–Kier alpha value is -0.780. The van der Waals surface area contributed by atoms with Crippen LogP contribution in [0.25, 0.3) is 0 Å². The summed E-state index contributed by atoms with van der Waals surface area (Å²) in [4.78, 5) is 0. The fourth-order valence-corrected chi connectivity index (χ4v) is 3.07. The average Bonchev–Trinajstić information content (AvgIpc) is 2.31. The molecular formula is C22H38. The Morgan fingerprint density at radius 3 is 1.36 bits per heavy atom. The summed E-state index contributed by atoms with van der Waals surface area (Å²) < 4.78 is 0. The molecule has 0 bridgehead atoms. The van der Waals surface area contributed by atoms with Gasteiger partial charge in [-0.25, -0.2) is 0 Å². The monoisotopic (exact) mass is 302 g/mol. The van der Waals surface area contributed by atoms with Gasteiger partial charge in [-0.05, 0) is 51.3 Å². The molecule has 22 heavy (non-hydrogen) atoms. The van der Waals surface area contributed by atoms with Crippen molar-refractivity contribution in [3.05, 3.63) is 34.4 Å². The second kappa shape index (κ2) is 6.38. The molecule has 0 unspecified atom stereocenters. The SMILES string of the molecule is CCCCc1c(C(C)(C)C)cc(C(C)(C)C)cc1C(C)(C)C. The highest BCUT2D eigenvalue weighted by Crippen LogP contribution is 2.38. The number of hydrogen-bond donors (Lipinski definition) is 0. The molecule has 0 atom stereocenters. The highest BCUT2D eigenvalue weighted by atomic mass is 14.3. The summed E-state index contributed by atoms with van der Waals surface area (Å²) in [6, 6.07) is 4.97. The second-order valence-corrected chi connectivity index (χ2v) is 9.90. The van der Waals surface area contributed by atoms with E-state index in [-0.39, 0.29) is 16.2 Å². The summed E-state index contributed by atoms with van der Waals surface area (Å²) in [6.45, 7) is 23.4. The Balaban J connectivity index is 3.70. The molecule has 0 aliphatic rings.